The first-order chi connectivity index (χ1) is 32.1. The van der Waals surface area contributed by atoms with Crippen LogP contribution in [0.1, 0.15) is 330 Å². The molecule has 0 spiro atoms. The smallest absolute Gasteiger partial charge is 0.306 e. The van der Waals surface area contributed by atoms with Gasteiger partial charge in [-0.25, -0.2) is 0 Å². The van der Waals surface area contributed by atoms with Crippen LogP contribution in [0.3, 0.4) is 0 Å². The lowest BCUT2D eigenvalue weighted by Crippen LogP contribution is -2.30. The quantitative estimate of drug-likeness (QED) is 0.0343. The average Bonchev–Trinajstić information content (AvgIpc) is 3.29. The summed E-state index contributed by atoms with van der Waals surface area (Å²) in [6.45, 7) is 13.8. The van der Waals surface area contributed by atoms with Crippen molar-refractivity contribution in [2.75, 3.05) is 13.2 Å². The van der Waals surface area contributed by atoms with E-state index in [4.69, 9.17) is 14.2 Å². The second kappa shape index (κ2) is 51.3. The van der Waals surface area contributed by atoms with E-state index in [0.717, 1.165) is 75.5 Å². The minimum Gasteiger partial charge on any atom is -0.462 e. The van der Waals surface area contributed by atoms with Crippen LogP contribution in [0.2, 0.25) is 0 Å². The molecule has 2 atom stereocenters. The third kappa shape index (κ3) is 51.8. The highest BCUT2D eigenvalue weighted by molar-refractivity contribution is 5.71. The van der Waals surface area contributed by atoms with Crippen LogP contribution in [0.25, 0.3) is 0 Å². The molecule has 0 rings (SSSR count). The van der Waals surface area contributed by atoms with Gasteiger partial charge in [0.15, 0.2) is 6.10 Å². The summed E-state index contributed by atoms with van der Waals surface area (Å²) in [5.74, 6) is 1.70. The number of hydrogen-bond acceptors (Lipinski definition) is 6. The highest BCUT2D eigenvalue weighted by atomic mass is 16.6. The fourth-order valence-electron chi connectivity index (χ4n) is 9.14. The zero-order valence-electron chi connectivity index (χ0n) is 45.5. The fraction of sp³-hybridized carbons (Fsp3) is 0.950. The van der Waals surface area contributed by atoms with Crippen molar-refractivity contribution in [2.45, 2.75) is 337 Å². The van der Waals surface area contributed by atoms with Gasteiger partial charge in [-0.1, -0.05) is 292 Å². The van der Waals surface area contributed by atoms with E-state index < -0.39 is 6.10 Å². The Hall–Kier alpha value is -1.59. The molecular weight excluding hydrogens is 817 g/mol. The second-order valence-corrected chi connectivity index (χ2v) is 21.8. The Bertz CT molecular complexity index is 1020. The van der Waals surface area contributed by atoms with E-state index >= 15 is 0 Å². The number of hydrogen-bond donors (Lipinski definition) is 0. The molecule has 392 valence electrons. The van der Waals surface area contributed by atoms with Crippen molar-refractivity contribution in [3.05, 3.63) is 0 Å². The van der Waals surface area contributed by atoms with E-state index in [2.05, 4.69) is 41.5 Å². The van der Waals surface area contributed by atoms with Gasteiger partial charge >= 0.3 is 17.9 Å². The molecule has 0 bridgehead atoms. The molecule has 0 saturated heterocycles. The maximum Gasteiger partial charge on any atom is 0.306 e. The molecule has 0 fully saturated rings. The SMILES string of the molecule is CCC(C)CCCCCCCCCCC(=O)OC[C@H](COC(=O)CCCCCCCCCCCCCCC(C)C)OC(=O)CCCCCCCCCCCCCCCCCCCCC(C)C. The number of esters is 3. The Kier molecular flexibility index (Phi) is 50.0. The van der Waals surface area contributed by atoms with E-state index in [1.165, 1.54) is 212 Å². The van der Waals surface area contributed by atoms with E-state index in [0.29, 0.717) is 19.3 Å². The molecule has 0 aromatic carbocycles. The van der Waals surface area contributed by atoms with Gasteiger partial charge in [0, 0.05) is 19.3 Å². The monoisotopic (exact) mass is 933 g/mol. The molecule has 0 N–H and O–H groups in total. The highest BCUT2D eigenvalue weighted by Crippen LogP contribution is 2.19. The van der Waals surface area contributed by atoms with E-state index in [9.17, 15) is 14.4 Å². The molecule has 0 aliphatic carbocycles. The van der Waals surface area contributed by atoms with Crippen molar-refractivity contribution >= 4 is 17.9 Å². The standard InChI is InChI=1S/C60H116O6/c1-7-56(6)48-42-36-30-26-27-32-38-44-50-59(62)65-53-57(52-64-58(61)49-43-37-31-24-20-17-16-19-23-29-35-41-47-55(4)5)66-60(63)51-45-39-33-25-21-15-13-11-9-8-10-12-14-18-22-28-34-40-46-54(2)3/h54-57H,7-53H2,1-6H3/t56?,57-/m0/s1. The lowest BCUT2D eigenvalue weighted by atomic mass is 9.99. The maximum atomic E-state index is 12.9. The molecular formula is C60H116O6. The zero-order valence-corrected chi connectivity index (χ0v) is 45.5. The summed E-state index contributed by atoms with van der Waals surface area (Å²) in [4.78, 5) is 38.1. The number of unbranched alkanes of at least 4 members (excludes halogenated alkanes) is 35. The summed E-state index contributed by atoms with van der Waals surface area (Å²) in [6, 6.07) is 0. The summed E-state index contributed by atoms with van der Waals surface area (Å²) in [5.41, 5.74) is 0. The van der Waals surface area contributed by atoms with Crippen molar-refractivity contribution in [3.8, 4) is 0 Å². The predicted molar refractivity (Wildman–Crippen MR) is 284 cm³/mol. The average molecular weight is 934 g/mol. The first-order valence-electron chi connectivity index (χ1n) is 29.6. The fourth-order valence-corrected chi connectivity index (χ4v) is 9.14. The van der Waals surface area contributed by atoms with Gasteiger partial charge in [-0.05, 0) is 37.0 Å². The normalized spacial score (nSPS) is 12.5. The largest absolute Gasteiger partial charge is 0.462 e. The van der Waals surface area contributed by atoms with Gasteiger partial charge in [-0.3, -0.25) is 14.4 Å². The summed E-state index contributed by atoms with van der Waals surface area (Å²) < 4.78 is 16.9. The van der Waals surface area contributed by atoms with Crippen molar-refractivity contribution < 1.29 is 28.6 Å². The van der Waals surface area contributed by atoms with Crippen LogP contribution in [0.15, 0.2) is 0 Å². The second-order valence-electron chi connectivity index (χ2n) is 21.8. The van der Waals surface area contributed by atoms with Gasteiger partial charge in [-0.15, -0.1) is 0 Å². The minimum atomic E-state index is -0.764. The van der Waals surface area contributed by atoms with Crippen LogP contribution in [-0.4, -0.2) is 37.2 Å². The number of ether oxygens (including phenoxy) is 3. The van der Waals surface area contributed by atoms with E-state index in [-0.39, 0.29) is 31.1 Å². The van der Waals surface area contributed by atoms with Gasteiger partial charge in [0.1, 0.15) is 13.2 Å². The molecule has 0 heterocycles. The Morgan fingerprint density at radius 3 is 0.788 bits per heavy atom. The molecule has 6 nitrogen and oxygen atoms in total. The third-order valence-electron chi connectivity index (χ3n) is 14.0. The van der Waals surface area contributed by atoms with Gasteiger partial charge < -0.3 is 14.2 Å². The maximum absolute atomic E-state index is 12.9. The van der Waals surface area contributed by atoms with E-state index in [1.807, 2.05) is 0 Å². The van der Waals surface area contributed by atoms with Gasteiger partial charge in [0.05, 0.1) is 0 Å². The van der Waals surface area contributed by atoms with Gasteiger partial charge in [0.25, 0.3) is 0 Å². The molecule has 1 unspecified atom stereocenters. The van der Waals surface area contributed by atoms with Gasteiger partial charge in [-0.2, -0.15) is 0 Å². The molecule has 0 saturated carbocycles. The molecule has 0 aromatic rings. The van der Waals surface area contributed by atoms with Crippen LogP contribution < -0.4 is 0 Å². The lowest BCUT2D eigenvalue weighted by Gasteiger charge is -2.18. The summed E-state index contributed by atoms with van der Waals surface area (Å²) in [7, 11) is 0. The summed E-state index contributed by atoms with van der Waals surface area (Å²) >= 11 is 0. The Morgan fingerprint density at radius 2 is 0.530 bits per heavy atom. The van der Waals surface area contributed by atoms with Crippen LogP contribution >= 0.6 is 0 Å². The van der Waals surface area contributed by atoms with Crippen LogP contribution in [0.5, 0.6) is 0 Å². The van der Waals surface area contributed by atoms with Crippen molar-refractivity contribution in [1.29, 1.82) is 0 Å². The number of carbonyl (C=O) groups excluding carboxylic acids is 3. The predicted octanol–water partition coefficient (Wildman–Crippen LogP) is 19.5. The third-order valence-corrected chi connectivity index (χ3v) is 14.0. The summed E-state index contributed by atoms with van der Waals surface area (Å²) in [6.07, 6.45) is 53.8. The molecule has 0 amide bonds. The first kappa shape index (κ1) is 64.4. The van der Waals surface area contributed by atoms with Crippen molar-refractivity contribution in [1.82, 2.24) is 0 Å². The van der Waals surface area contributed by atoms with Crippen molar-refractivity contribution in [3.63, 3.8) is 0 Å². The minimum absolute atomic E-state index is 0.0638. The Balaban J connectivity index is 4.26. The molecule has 0 aliphatic rings. The molecule has 6 heteroatoms. The molecule has 0 radical (unpaired) electrons. The molecule has 0 aromatic heterocycles. The topological polar surface area (TPSA) is 78.9 Å². The molecule has 0 aliphatic heterocycles. The number of rotatable bonds is 53. The summed E-state index contributed by atoms with van der Waals surface area (Å²) in [5, 5.41) is 0. The van der Waals surface area contributed by atoms with Crippen molar-refractivity contribution in [2.24, 2.45) is 17.8 Å². The highest BCUT2D eigenvalue weighted by Gasteiger charge is 2.19. The zero-order chi connectivity index (χ0) is 48.4. The lowest BCUT2D eigenvalue weighted by molar-refractivity contribution is -0.167. The Labute approximate surface area is 412 Å². The van der Waals surface area contributed by atoms with E-state index in [1.54, 1.807) is 0 Å². The van der Waals surface area contributed by atoms with Crippen LogP contribution in [-0.2, 0) is 28.6 Å². The van der Waals surface area contributed by atoms with Gasteiger partial charge in [0.2, 0.25) is 0 Å². The Morgan fingerprint density at radius 1 is 0.303 bits per heavy atom. The first-order valence-corrected chi connectivity index (χ1v) is 29.6. The molecule has 66 heavy (non-hydrogen) atoms. The van der Waals surface area contributed by atoms with Crippen LogP contribution in [0, 0.1) is 17.8 Å². The van der Waals surface area contributed by atoms with Crippen LogP contribution in [0.4, 0.5) is 0 Å². The number of carbonyl (C=O) groups is 3.